The lowest BCUT2D eigenvalue weighted by Crippen LogP contribution is -2.38. The van der Waals surface area contributed by atoms with E-state index in [2.05, 4.69) is 26.0 Å². The third-order valence-electron chi connectivity index (χ3n) is 4.13. The normalized spacial score (nSPS) is 16.1. The Morgan fingerprint density at radius 2 is 1.63 bits per heavy atom. The van der Waals surface area contributed by atoms with Gasteiger partial charge >= 0.3 is 6.09 Å². The molecule has 2 N–H and O–H groups in total. The Kier molecular flexibility index (Phi) is 10.4. The van der Waals surface area contributed by atoms with E-state index < -0.39 is 0 Å². The van der Waals surface area contributed by atoms with Crippen LogP contribution in [-0.2, 0) is 11.3 Å². The van der Waals surface area contributed by atoms with Crippen molar-refractivity contribution in [3.63, 3.8) is 0 Å². The molecule has 0 saturated carbocycles. The van der Waals surface area contributed by atoms with Crippen LogP contribution in [0, 0.1) is 0 Å². The van der Waals surface area contributed by atoms with Crippen LogP contribution in [0.1, 0.15) is 50.3 Å². The van der Waals surface area contributed by atoms with E-state index in [4.69, 9.17) is 4.74 Å². The van der Waals surface area contributed by atoms with Gasteiger partial charge in [-0.1, -0.05) is 80.1 Å². The van der Waals surface area contributed by atoms with Crippen LogP contribution in [0.3, 0.4) is 0 Å². The van der Waals surface area contributed by atoms with Crippen LogP contribution in [0.2, 0.25) is 5.54 Å². The van der Waals surface area contributed by atoms with Gasteiger partial charge in [-0.15, -0.1) is 0 Å². The van der Waals surface area contributed by atoms with Gasteiger partial charge in [-0.05, 0) is 30.4 Å². The average Bonchev–Trinajstić information content (AvgIpc) is 2.67. The number of hydrogen-bond acceptors (Lipinski definition) is 2. The SMILES string of the molecule is CC(C)[SiH3].O.O=C(OCc1ccccc1)N1CCCCC1c1ccccc1. The average molecular weight is 388 g/mol. The zero-order valence-electron chi connectivity index (χ0n) is 16.7. The molecule has 2 aromatic carbocycles. The van der Waals surface area contributed by atoms with Gasteiger partial charge in [0.1, 0.15) is 6.61 Å². The fraction of sp³-hybridized carbons (Fsp3) is 0.409. The van der Waals surface area contributed by atoms with Gasteiger partial charge < -0.3 is 15.1 Å². The lowest BCUT2D eigenvalue weighted by Gasteiger charge is -2.35. The molecule has 1 aliphatic heterocycles. The zero-order chi connectivity index (χ0) is 18.8. The maximum Gasteiger partial charge on any atom is 0.410 e. The number of carbonyl (C=O) groups is 1. The smallest absolute Gasteiger partial charge is 0.410 e. The van der Waals surface area contributed by atoms with Crippen LogP contribution < -0.4 is 0 Å². The van der Waals surface area contributed by atoms with Crippen molar-refractivity contribution in [3.05, 3.63) is 71.8 Å². The number of hydrogen-bond donors (Lipinski definition) is 0. The molecule has 1 saturated heterocycles. The van der Waals surface area contributed by atoms with E-state index in [1.165, 1.54) is 15.8 Å². The third kappa shape index (κ3) is 7.97. The summed E-state index contributed by atoms with van der Waals surface area (Å²) in [4.78, 5) is 14.3. The lowest BCUT2D eigenvalue weighted by atomic mass is 9.96. The molecule has 2 aromatic rings. The molecule has 4 nitrogen and oxygen atoms in total. The number of amides is 1. The molecule has 1 atom stereocenters. The molecular formula is C22H33NO3Si. The van der Waals surface area contributed by atoms with E-state index in [0.29, 0.717) is 6.61 Å². The number of benzene rings is 2. The molecule has 1 amide bonds. The van der Waals surface area contributed by atoms with Gasteiger partial charge in [0.15, 0.2) is 0 Å². The van der Waals surface area contributed by atoms with Crippen LogP contribution in [-0.4, -0.2) is 33.3 Å². The zero-order valence-corrected chi connectivity index (χ0v) is 18.7. The molecule has 1 heterocycles. The van der Waals surface area contributed by atoms with Gasteiger partial charge in [-0.25, -0.2) is 4.79 Å². The summed E-state index contributed by atoms with van der Waals surface area (Å²) in [6.07, 6.45) is 2.99. The summed E-state index contributed by atoms with van der Waals surface area (Å²) < 4.78 is 5.51. The number of ether oxygens (including phenoxy) is 1. The standard InChI is InChI=1S/C19H21NO2.C3H10Si.H2O/c21-19(22-15-16-9-3-1-4-10-16)20-14-8-7-13-18(20)17-11-5-2-6-12-17;1-3(2)4;/h1-6,9-12,18H,7-8,13-15H2;3H,1-2,4H3;1H2. The minimum atomic E-state index is -0.211. The molecule has 0 aromatic heterocycles. The number of nitrogens with zero attached hydrogens (tertiary/aromatic N) is 1. The summed E-state index contributed by atoms with van der Waals surface area (Å²) in [5.74, 6) is 0. The second kappa shape index (κ2) is 12.3. The predicted molar refractivity (Wildman–Crippen MR) is 115 cm³/mol. The molecule has 1 fully saturated rings. The molecule has 27 heavy (non-hydrogen) atoms. The van der Waals surface area contributed by atoms with Crippen molar-refractivity contribution in [1.29, 1.82) is 0 Å². The van der Waals surface area contributed by atoms with Gasteiger partial charge in [0.25, 0.3) is 0 Å². The van der Waals surface area contributed by atoms with Gasteiger partial charge in [-0.3, -0.25) is 0 Å². The second-order valence-corrected chi connectivity index (χ2v) is 9.70. The summed E-state index contributed by atoms with van der Waals surface area (Å²) >= 11 is 0. The van der Waals surface area contributed by atoms with E-state index in [9.17, 15) is 4.79 Å². The maximum absolute atomic E-state index is 12.5. The number of rotatable bonds is 3. The Hall–Kier alpha value is -2.11. The predicted octanol–water partition coefficient (Wildman–Crippen LogP) is 3.91. The van der Waals surface area contributed by atoms with Crippen molar-refractivity contribution in [2.24, 2.45) is 0 Å². The fourth-order valence-corrected chi connectivity index (χ4v) is 2.97. The Labute approximate surface area is 166 Å². The third-order valence-corrected chi connectivity index (χ3v) is 4.13. The second-order valence-electron chi connectivity index (χ2n) is 7.39. The van der Waals surface area contributed by atoms with Gasteiger partial charge in [0, 0.05) is 16.8 Å². The molecule has 0 spiro atoms. The Morgan fingerprint density at radius 1 is 1.07 bits per heavy atom. The van der Waals surface area contributed by atoms with E-state index >= 15 is 0 Å². The van der Waals surface area contributed by atoms with Gasteiger partial charge in [0.2, 0.25) is 0 Å². The minimum absolute atomic E-state index is 0. The first kappa shape index (κ1) is 22.9. The van der Waals surface area contributed by atoms with E-state index in [1.807, 2.05) is 53.4 Å². The van der Waals surface area contributed by atoms with Gasteiger partial charge in [0.05, 0.1) is 6.04 Å². The minimum Gasteiger partial charge on any atom is -0.445 e. The molecule has 0 aliphatic carbocycles. The molecule has 0 bridgehead atoms. The Bertz CT molecular complexity index is 646. The van der Waals surface area contributed by atoms with Gasteiger partial charge in [-0.2, -0.15) is 0 Å². The summed E-state index contributed by atoms with van der Waals surface area (Å²) in [5, 5.41) is 0. The molecule has 5 heteroatoms. The topological polar surface area (TPSA) is 61.0 Å². The van der Waals surface area contributed by atoms with Crippen molar-refractivity contribution in [1.82, 2.24) is 4.90 Å². The highest BCUT2D eigenvalue weighted by molar-refractivity contribution is 6.10. The first-order valence-corrected chi connectivity index (χ1v) is 10.8. The van der Waals surface area contributed by atoms with Crippen molar-refractivity contribution in [2.45, 2.75) is 51.3 Å². The Morgan fingerprint density at radius 3 is 2.22 bits per heavy atom. The molecular weight excluding hydrogens is 354 g/mol. The fourth-order valence-electron chi connectivity index (χ4n) is 2.97. The monoisotopic (exact) mass is 387 g/mol. The summed E-state index contributed by atoms with van der Waals surface area (Å²) in [6.45, 7) is 5.56. The van der Waals surface area contributed by atoms with Crippen LogP contribution in [0.5, 0.6) is 0 Å². The summed E-state index contributed by atoms with van der Waals surface area (Å²) in [7, 11) is 1.35. The number of likely N-dealkylation sites (tertiary alicyclic amines) is 1. The van der Waals surface area contributed by atoms with Crippen molar-refractivity contribution < 1.29 is 15.0 Å². The van der Waals surface area contributed by atoms with Crippen LogP contribution in [0.4, 0.5) is 4.79 Å². The van der Waals surface area contributed by atoms with E-state index in [-0.39, 0.29) is 17.6 Å². The van der Waals surface area contributed by atoms with E-state index in [0.717, 1.165) is 36.9 Å². The lowest BCUT2D eigenvalue weighted by molar-refractivity contribution is 0.0679. The van der Waals surface area contributed by atoms with Crippen LogP contribution >= 0.6 is 0 Å². The van der Waals surface area contributed by atoms with Crippen molar-refractivity contribution >= 4 is 16.3 Å². The van der Waals surface area contributed by atoms with E-state index in [1.54, 1.807) is 0 Å². The first-order chi connectivity index (χ1) is 12.6. The molecule has 1 aliphatic rings. The van der Waals surface area contributed by atoms with Crippen LogP contribution in [0.25, 0.3) is 0 Å². The summed E-state index contributed by atoms with van der Waals surface area (Å²) in [5.41, 5.74) is 3.18. The maximum atomic E-state index is 12.5. The highest BCUT2D eigenvalue weighted by Crippen LogP contribution is 2.31. The highest BCUT2D eigenvalue weighted by atomic mass is 28.1. The molecule has 148 valence electrons. The Balaban J connectivity index is 0.000000666. The number of carbonyl (C=O) groups excluding carboxylic acids is 1. The van der Waals surface area contributed by atoms with Crippen LogP contribution in [0.15, 0.2) is 60.7 Å². The van der Waals surface area contributed by atoms with Crippen molar-refractivity contribution in [3.8, 4) is 0 Å². The quantitative estimate of drug-likeness (QED) is 0.750. The highest BCUT2D eigenvalue weighted by Gasteiger charge is 2.28. The first-order valence-electron chi connectivity index (χ1n) is 9.60. The number of piperidine rings is 1. The largest absolute Gasteiger partial charge is 0.445 e. The summed E-state index contributed by atoms with van der Waals surface area (Å²) in [6, 6.07) is 20.2. The van der Waals surface area contributed by atoms with Crippen molar-refractivity contribution in [2.75, 3.05) is 6.54 Å². The molecule has 0 radical (unpaired) electrons. The molecule has 1 unspecified atom stereocenters. The molecule has 3 rings (SSSR count).